The molecule has 0 spiro atoms. The van der Waals surface area contributed by atoms with Crippen molar-refractivity contribution >= 4 is 51.0 Å². The molecule has 0 aromatic heterocycles. The molecule has 1 unspecified atom stereocenters. The monoisotopic (exact) mass is 262 g/mol. The van der Waals surface area contributed by atoms with Crippen LogP contribution in [0.2, 0.25) is 0 Å². The molecule has 88 valence electrons. The van der Waals surface area contributed by atoms with E-state index in [1.807, 2.05) is 20.8 Å². The first-order valence-electron chi connectivity index (χ1n) is 5.26. The third-order valence-electron chi connectivity index (χ3n) is 1.83. The first-order chi connectivity index (χ1) is 6.66. The van der Waals surface area contributed by atoms with Crippen molar-refractivity contribution in [2.75, 3.05) is 19.8 Å². The molecule has 0 rings (SSSR count). The predicted molar refractivity (Wildman–Crippen MR) is 70.8 cm³/mol. The molecule has 6 heteroatoms. The van der Waals surface area contributed by atoms with E-state index in [1.165, 1.54) is 0 Å². The second kappa shape index (κ2) is 10.6. The average Bonchev–Trinajstić information content (AvgIpc) is 2.17. The van der Waals surface area contributed by atoms with Crippen LogP contribution in [0.4, 0.5) is 0 Å². The van der Waals surface area contributed by atoms with Crippen LogP contribution < -0.4 is 0 Å². The Bertz CT molecular complexity index is 134. The fourth-order valence-corrected chi connectivity index (χ4v) is 4.47. The molecule has 0 aliphatic carbocycles. The molecule has 1 atom stereocenters. The zero-order chi connectivity index (χ0) is 11.0. The summed E-state index contributed by atoms with van der Waals surface area (Å²) >= 11 is 4.50. The van der Waals surface area contributed by atoms with Crippen molar-refractivity contribution in [3.63, 3.8) is 0 Å². The average molecular weight is 262 g/mol. The van der Waals surface area contributed by atoms with E-state index in [9.17, 15) is 0 Å². The third kappa shape index (κ3) is 6.07. The summed E-state index contributed by atoms with van der Waals surface area (Å²) in [6.07, 6.45) is 0.898. The summed E-state index contributed by atoms with van der Waals surface area (Å²) in [5, 5.41) is 0. The Hall–Kier alpha value is 1.45. The van der Waals surface area contributed by atoms with Crippen molar-refractivity contribution in [1.82, 2.24) is 0 Å². The molecule has 0 bridgehead atoms. The molecule has 0 aromatic rings. The molecule has 0 aliphatic heterocycles. The second-order valence-electron chi connectivity index (χ2n) is 2.83. The molecule has 0 saturated carbocycles. The molecule has 3 nitrogen and oxygen atoms in total. The first kappa shape index (κ1) is 18.8. The Labute approximate surface area is 122 Å². The van der Waals surface area contributed by atoms with Crippen LogP contribution in [0.1, 0.15) is 34.1 Å². The molecule has 0 heterocycles. The van der Waals surface area contributed by atoms with Gasteiger partial charge in [0, 0.05) is 19.8 Å². The normalized spacial score (nSPS) is 13.4. The Balaban J connectivity index is 0. The molecule has 0 fully saturated rings. The van der Waals surface area contributed by atoms with Crippen LogP contribution in [0.5, 0.6) is 0 Å². The van der Waals surface area contributed by atoms with Gasteiger partial charge in [-0.3, -0.25) is 0 Å². The van der Waals surface area contributed by atoms with E-state index in [4.69, 9.17) is 13.3 Å². The second-order valence-corrected chi connectivity index (χ2v) is 6.71. The van der Waals surface area contributed by atoms with Gasteiger partial charge in [-0.2, -0.15) is 12.6 Å². The van der Waals surface area contributed by atoms with Crippen molar-refractivity contribution in [3.8, 4) is 0 Å². The van der Waals surface area contributed by atoms with Crippen LogP contribution in [-0.2, 0) is 13.3 Å². The Morgan fingerprint density at radius 3 is 1.47 bits per heavy atom. The minimum atomic E-state index is -2.53. The van der Waals surface area contributed by atoms with Gasteiger partial charge in [-0.05, 0) is 27.2 Å². The summed E-state index contributed by atoms with van der Waals surface area (Å²) < 4.78 is 17.0. The molecule has 0 N–H and O–H groups in total. The van der Waals surface area contributed by atoms with E-state index >= 15 is 0 Å². The molecule has 0 radical (unpaired) electrons. The zero-order valence-corrected chi connectivity index (χ0v) is 11.5. The van der Waals surface area contributed by atoms with Crippen LogP contribution in [0.3, 0.4) is 0 Å². The Morgan fingerprint density at radius 1 is 0.933 bits per heavy atom. The molecular formula is C9H23NaO3SSi. The topological polar surface area (TPSA) is 27.7 Å². The maximum atomic E-state index is 5.68. The van der Waals surface area contributed by atoms with E-state index in [-0.39, 0.29) is 34.4 Å². The fourth-order valence-electron chi connectivity index (χ4n) is 1.27. The standard InChI is InChI=1S/C9H22O3SSi.Na.H/c1-5-9(13)14(10-6-2,11-7-3)12-8-4;;/h9,13H,5-8H2,1-4H3;;. The van der Waals surface area contributed by atoms with Gasteiger partial charge in [0.2, 0.25) is 0 Å². The number of hydrogen-bond acceptors (Lipinski definition) is 4. The van der Waals surface area contributed by atoms with E-state index in [1.54, 1.807) is 0 Å². The van der Waals surface area contributed by atoms with Gasteiger partial charge in [0.05, 0.1) is 4.87 Å². The van der Waals surface area contributed by atoms with Crippen molar-refractivity contribution in [1.29, 1.82) is 0 Å². The number of rotatable bonds is 8. The summed E-state index contributed by atoms with van der Waals surface area (Å²) in [5.74, 6) is 0. The van der Waals surface area contributed by atoms with Gasteiger partial charge >= 0.3 is 38.4 Å². The first-order valence-corrected chi connectivity index (χ1v) is 7.58. The summed E-state index contributed by atoms with van der Waals surface area (Å²) in [5.41, 5.74) is 0. The zero-order valence-electron chi connectivity index (χ0n) is 9.58. The van der Waals surface area contributed by atoms with Gasteiger partial charge < -0.3 is 13.3 Å². The van der Waals surface area contributed by atoms with Crippen molar-refractivity contribution in [2.45, 2.75) is 39.0 Å². The van der Waals surface area contributed by atoms with E-state index in [0.717, 1.165) is 6.42 Å². The Morgan fingerprint density at radius 2 is 1.27 bits per heavy atom. The molecule has 0 aliphatic rings. The molecule has 0 aromatic carbocycles. The summed E-state index contributed by atoms with van der Waals surface area (Å²) in [4.78, 5) is 0.0716. The van der Waals surface area contributed by atoms with E-state index in [2.05, 4.69) is 19.6 Å². The molecule has 15 heavy (non-hydrogen) atoms. The van der Waals surface area contributed by atoms with Gasteiger partial charge in [0.15, 0.2) is 0 Å². The van der Waals surface area contributed by atoms with Crippen LogP contribution >= 0.6 is 12.6 Å². The van der Waals surface area contributed by atoms with Gasteiger partial charge in [-0.15, -0.1) is 0 Å². The van der Waals surface area contributed by atoms with Gasteiger partial charge in [0.25, 0.3) is 0 Å². The van der Waals surface area contributed by atoms with Crippen LogP contribution in [0, 0.1) is 0 Å². The summed E-state index contributed by atoms with van der Waals surface area (Å²) in [6.45, 7) is 9.77. The summed E-state index contributed by atoms with van der Waals surface area (Å²) in [6, 6.07) is 0. The molecule has 0 saturated heterocycles. The van der Waals surface area contributed by atoms with E-state index in [0.29, 0.717) is 19.8 Å². The Kier molecular flexibility index (Phi) is 13.3. The van der Waals surface area contributed by atoms with Crippen molar-refractivity contribution in [2.24, 2.45) is 0 Å². The predicted octanol–water partition coefficient (Wildman–Crippen LogP) is 1.63. The molecular weight excluding hydrogens is 239 g/mol. The number of hydrogen-bond donors (Lipinski definition) is 1. The van der Waals surface area contributed by atoms with Crippen LogP contribution in [0.25, 0.3) is 0 Å². The summed E-state index contributed by atoms with van der Waals surface area (Å²) in [7, 11) is -2.53. The van der Waals surface area contributed by atoms with Crippen LogP contribution in [0.15, 0.2) is 0 Å². The van der Waals surface area contributed by atoms with Crippen molar-refractivity contribution in [3.05, 3.63) is 0 Å². The molecule has 0 amide bonds. The van der Waals surface area contributed by atoms with Crippen molar-refractivity contribution < 1.29 is 13.3 Å². The number of thiol groups is 1. The maximum absolute atomic E-state index is 5.68. The van der Waals surface area contributed by atoms with E-state index < -0.39 is 8.80 Å². The minimum absolute atomic E-state index is 0. The quantitative estimate of drug-likeness (QED) is 0.532. The SMILES string of the molecule is CCO[Si](OCC)(OCC)C(S)CC.[NaH]. The third-order valence-corrected chi connectivity index (χ3v) is 6.44. The van der Waals surface area contributed by atoms with Crippen LogP contribution in [-0.4, -0.2) is 63.1 Å². The van der Waals surface area contributed by atoms with Gasteiger partial charge in [0.1, 0.15) is 0 Å². The van der Waals surface area contributed by atoms with Gasteiger partial charge in [-0.25, -0.2) is 0 Å². The fraction of sp³-hybridized carbons (Fsp3) is 1.00. The van der Waals surface area contributed by atoms with Gasteiger partial charge in [-0.1, -0.05) is 6.92 Å².